The Kier molecular flexibility index (Phi) is 20.5. The molecule has 0 fully saturated rings. The molecule has 0 bridgehead atoms. The van der Waals surface area contributed by atoms with Crippen LogP contribution < -0.4 is 30.3 Å². The molecule has 5 aromatic carbocycles. The summed E-state index contributed by atoms with van der Waals surface area (Å²) < 4.78 is 21.6. The minimum Gasteiger partial charge on any atom is -0.480 e. The molecule has 0 radical (unpaired) electrons. The molecule has 0 aliphatic heterocycles. The van der Waals surface area contributed by atoms with Crippen molar-refractivity contribution >= 4 is 52.0 Å². The first-order chi connectivity index (χ1) is 39.5. The van der Waals surface area contributed by atoms with Crippen molar-refractivity contribution in [1.29, 1.82) is 0 Å². The van der Waals surface area contributed by atoms with Gasteiger partial charge in [0.15, 0.2) is 18.0 Å². The van der Waals surface area contributed by atoms with Crippen molar-refractivity contribution in [2.45, 2.75) is 196 Å². The molecule has 2 unspecified atom stereocenters. The predicted octanol–water partition coefficient (Wildman–Crippen LogP) is 17.0. The number of benzene rings is 5. The Morgan fingerprint density at radius 3 is 1.61 bits per heavy atom. The largest absolute Gasteiger partial charge is 0.480 e. The maximum atomic E-state index is 14.7. The average molecular weight is 1130 g/mol. The first-order valence-corrected chi connectivity index (χ1v) is 30.3. The Morgan fingerprint density at radius 2 is 1.14 bits per heavy atom. The fraction of sp³-hybridized carbons (Fsp3) is 0.457. The predicted molar refractivity (Wildman–Crippen MR) is 344 cm³/mol. The number of rotatable bonds is 29. The Balaban J connectivity index is 1.28. The minimum absolute atomic E-state index is 0.0348. The van der Waals surface area contributed by atoms with Crippen molar-refractivity contribution in [3.05, 3.63) is 149 Å². The van der Waals surface area contributed by atoms with E-state index in [1.807, 2.05) is 56.3 Å². The third-order valence-electron chi connectivity index (χ3n) is 17.5. The van der Waals surface area contributed by atoms with E-state index in [4.69, 9.17) is 24.4 Å². The van der Waals surface area contributed by atoms with Crippen LogP contribution in [0.25, 0.3) is 23.1 Å². The molecule has 83 heavy (non-hydrogen) atoms. The van der Waals surface area contributed by atoms with Gasteiger partial charge >= 0.3 is 0 Å². The zero-order valence-electron chi connectivity index (χ0n) is 52.7. The maximum Gasteiger partial charge on any atom is 0.265 e. The van der Waals surface area contributed by atoms with Crippen molar-refractivity contribution in [3.63, 3.8) is 0 Å². The lowest BCUT2D eigenvalue weighted by molar-refractivity contribution is -0.123. The van der Waals surface area contributed by atoms with Gasteiger partial charge < -0.3 is 35.1 Å². The van der Waals surface area contributed by atoms with E-state index in [0.717, 1.165) is 72.4 Å². The molecule has 2 amide bonds. The molecule has 2 atom stereocenters. The first kappa shape index (κ1) is 63.2. The smallest absolute Gasteiger partial charge is 0.265 e. The number of hydrogen-bond acceptors (Lipinski definition) is 9. The van der Waals surface area contributed by atoms with E-state index in [1.165, 1.54) is 11.1 Å². The quantitative estimate of drug-likeness (QED) is 0.0360. The number of H-pyrrole nitrogens is 1. The van der Waals surface area contributed by atoms with E-state index >= 15 is 0 Å². The van der Waals surface area contributed by atoms with Gasteiger partial charge in [0.25, 0.3) is 11.8 Å². The number of carbonyl (C=O) groups is 2. The molecule has 0 spiro atoms. The zero-order chi connectivity index (χ0) is 60.4. The van der Waals surface area contributed by atoms with Gasteiger partial charge in [-0.15, -0.1) is 10.2 Å². The van der Waals surface area contributed by atoms with Gasteiger partial charge in [-0.2, -0.15) is 0 Å². The molecular weight excluding hydrogens is 1030 g/mol. The summed E-state index contributed by atoms with van der Waals surface area (Å²) >= 11 is 0. The van der Waals surface area contributed by atoms with Crippen LogP contribution in [0.5, 0.6) is 11.5 Å². The van der Waals surface area contributed by atoms with Gasteiger partial charge in [-0.3, -0.25) is 14.7 Å². The molecule has 7 aromatic rings. The third-order valence-corrected chi connectivity index (χ3v) is 17.5. The van der Waals surface area contributed by atoms with E-state index < -0.39 is 12.2 Å². The van der Waals surface area contributed by atoms with E-state index in [2.05, 4.69) is 184 Å². The summed E-state index contributed by atoms with van der Waals surface area (Å²) in [5, 5.41) is 23.1. The van der Waals surface area contributed by atoms with Crippen molar-refractivity contribution in [2.24, 2.45) is 0 Å². The standard InChI is InChI=1S/C70H94N8O5/c1-18-56-62(73-57-35-34-53(77(25-8)26-9)40-48(57)45-81-44-46-30-28-27-29-31-46)64-75-74-63(78(64)76-56)47-38-51(71-65(79)58(19-2)82-60-36-32-49(67(10,11)21-4)41-54(60)69(14,15)23-6)43-52(39-47)72-66(80)59(20-3)83-61-37-33-50(68(12,13)22-5)42-55(61)70(16,17)24-7/h18,27-43,58-59,73,76H,1,19-26,44-45H2,2-17H3,(H,71,79)(H,72,80). The summed E-state index contributed by atoms with van der Waals surface area (Å²) in [5.74, 6) is 1.13. The summed E-state index contributed by atoms with van der Waals surface area (Å²) in [7, 11) is 0. The Morgan fingerprint density at radius 1 is 0.627 bits per heavy atom. The van der Waals surface area contributed by atoms with Crippen LogP contribution in [0, 0.1) is 0 Å². The number of nitrogens with zero attached hydrogens (tertiary/aromatic N) is 4. The number of aromatic nitrogens is 4. The molecule has 0 aliphatic rings. The van der Waals surface area contributed by atoms with Crippen LogP contribution in [-0.4, -0.2) is 56.9 Å². The molecule has 0 saturated carbocycles. The summed E-state index contributed by atoms with van der Waals surface area (Å²) in [6, 6.07) is 34.8. The number of fused-ring (bicyclic) bond motifs is 1. The molecule has 13 heteroatoms. The van der Waals surface area contributed by atoms with Crippen LogP contribution in [0.15, 0.2) is 110 Å². The van der Waals surface area contributed by atoms with Crippen LogP contribution in [-0.2, 0) is 49.2 Å². The number of ether oxygens (including phenoxy) is 3. The Bertz CT molecular complexity index is 3230. The lowest BCUT2D eigenvalue weighted by Gasteiger charge is -2.31. The number of carbonyl (C=O) groups excluding carboxylic acids is 2. The third kappa shape index (κ3) is 14.5. The number of amides is 2. The highest BCUT2D eigenvalue weighted by molar-refractivity contribution is 5.99. The van der Waals surface area contributed by atoms with Gasteiger partial charge in [-0.1, -0.05) is 158 Å². The Labute approximate surface area is 495 Å². The average Bonchev–Trinajstić information content (AvgIpc) is 2.85. The van der Waals surface area contributed by atoms with Gasteiger partial charge in [0, 0.05) is 58.1 Å². The second kappa shape index (κ2) is 26.9. The van der Waals surface area contributed by atoms with Gasteiger partial charge in [-0.05, 0) is 145 Å². The van der Waals surface area contributed by atoms with Crippen molar-refractivity contribution in [2.75, 3.05) is 33.9 Å². The number of aromatic amines is 1. The molecule has 444 valence electrons. The van der Waals surface area contributed by atoms with E-state index in [9.17, 15) is 9.59 Å². The lowest BCUT2D eigenvalue weighted by Crippen LogP contribution is -2.34. The summed E-state index contributed by atoms with van der Waals surface area (Å²) in [6.45, 7) is 41.6. The summed E-state index contributed by atoms with van der Waals surface area (Å²) in [6.07, 6.45) is 4.58. The summed E-state index contributed by atoms with van der Waals surface area (Å²) in [4.78, 5) is 31.7. The topological polar surface area (TPSA) is 147 Å². The Hall–Kier alpha value is -7.38. The van der Waals surface area contributed by atoms with Gasteiger partial charge in [-0.25, -0.2) is 4.52 Å². The molecule has 0 aliphatic carbocycles. The van der Waals surface area contributed by atoms with Crippen LogP contribution in [0.3, 0.4) is 0 Å². The second-order valence-electron chi connectivity index (χ2n) is 24.6. The van der Waals surface area contributed by atoms with Crippen LogP contribution in [0.2, 0.25) is 0 Å². The van der Waals surface area contributed by atoms with Crippen molar-refractivity contribution in [1.82, 2.24) is 19.8 Å². The van der Waals surface area contributed by atoms with Gasteiger partial charge in [0.05, 0.1) is 18.9 Å². The monoisotopic (exact) mass is 1130 g/mol. The van der Waals surface area contributed by atoms with Crippen molar-refractivity contribution in [3.8, 4) is 22.9 Å². The van der Waals surface area contributed by atoms with Gasteiger partial charge in [0.1, 0.15) is 17.2 Å². The number of anilines is 5. The molecule has 13 nitrogen and oxygen atoms in total. The maximum absolute atomic E-state index is 14.7. The van der Waals surface area contributed by atoms with Gasteiger partial charge in [0.2, 0.25) is 5.65 Å². The second-order valence-corrected chi connectivity index (χ2v) is 24.6. The highest BCUT2D eigenvalue weighted by Gasteiger charge is 2.32. The highest BCUT2D eigenvalue weighted by Crippen LogP contribution is 2.42. The number of nitrogens with one attached hydrogen (secondary N) is 4. The van der Waals surface area contributed by atoms with E-state index in [0.29, 0.717) is 77.3 Å². The molecule has 2 heterocycles. The highest BCUT2D eigenvalue weighted by atomic mass is 16.5. The fourth-order valence-electron chi connectivity index (χ4n) is 10.2. The normalized spacial score (nSPS) is 12.9. The van der Waals surface area contributed by atoms with Crippen molar-refractivity contribution < 1.29 is 23.8 Å². The molecule has 7 rings (SSSR count). The molecule has 0 saturated heterocycles. The minimum atomic E-state index is -0.844. The van der Waals surface area contributed by atoms with Crippen LogP contribution >= 0.6 is 0 Å². The lowest BCUT2D eigenvalue weighted by atomic mass is 9.76. The van der Waals surface area contributed by atoms with E-state index in [1.54, 1.807) is 16.7 Å². The molecule has 4 N–H and O–H groups in total. The van der Waals surface area contributed by atoms with E-state index in [-0.39, 0.29) is 33.5 Å². The first-order valence-electron chi connectivity index (χ1n) is 30.3. The fourth-order valence-corrected chi connectivity index (χ4v) is 10.2. The summed E-state index contributed by atoms with van der Waals surface area (Å²) in [5.41, 5.74) is 11.4. The SMILES string of the molecule is C=Cc1[nH]n2c(-c3cc(NC(=O)C(CC)Oc4ccc(C(C)(C)CC)cc4C(C)(C)CC)cc(NC(=O)C(CC)Oc4ccc(C(C)(C)CC)cc4C(C)(C)CC)c3)nnc2c1Nc1ccc(N(CC)CC)cc1COCc1ccccc1. The zero-order valence-corrected chi connectivity index (χ0v) is 52.7. The van der Waals surface area contributed by atoms with Crippen LogP contribution in [0.1, 0.15) is 188 Å². The molecular formula is C70H94N8O5. The van der Waals surface area contributed by atoms with Crippen LogP contribution in [0.4, 0.5) is 28.4 Å². The number of hydrogen-bond donors (Lipinski definition) is 4. The molecule has 2 aromatic heterocycles.